The number of hydrogen-bond donors (Lipinski definition) is 1. The molecule has 0 aliphatic heterocycles. The Kier molecular flexibility index (Phi) is 3.90. The number of aryl methyl sites for hydroxylation is 1. The van der Waals surface area contributed by atoms with Gasteiger partial charge in [-0.2, -0.15) is 0 Å². The van der Waals surface area contributed by atoms with E-state index in [9.17, 15) is 0 Å². The number of benzene rings is 1. The third kappa shape index (κ3) is 2.38. The van der Waals surface area contributed by atoms with Gasteiger partial charge in [-0.1, -0.05) is 15.9 Å². The third-order valence-corrected chi connectivity index (χ3v) is 2.13. The van der Waals surface area contributed by atoms with Crippen molar-refractivity contribution in [3.63, 3.8) is 0 Å². The van der Waals surface area contributed by atoms with Crippen molar-refractivity contribution in [1.29, 1.82) is 0 Å². The van der Waals surface area contributed by atoms with Gasteiger partial charge in [0.05, 0.1) is 0 Å². The van der Waals surface area contributed by atoms with Crippen LogP contribution in [0.15, 0.2) is 16.6 Å². The smallest absolute Gasteiger partial charge is 0.0357 e. The molecule has 0 saturated carbocycles. The number of rotatable bonds is 0. The molecular formula is C8H11BrClN. The maximum Gasteiger partial charge on any atom is 0.0357 e. The average molecular weight is 237 g/mol. The Morgan fingerprint density at radius 3 is 2.27 bits per heavy atom. The standard InChI is InChI=1S/C8H10BrN.ClH/c1-5-3-7(9)4-8(10)6(5)2;/h3-4H,10H2,1-2H3;1H. The monoisotopic (exact) mass is 235 g/mol. The molecule has 1 nitrogen and oxygen atoms in total. The molecule has 11 heavy (non-hydrogen) atoms. The van der Waals surface area contributed by atoms with Crippen molar-refractivity contribution in [2.75, 3.05) is 5.73 Å². The zero-order valence-electron chi connectivity index (χ0n) is 6.52. The summed E-state index contributed by atoms with van der Waals surface area (Å²) in [6, 6.07) is 3.98. The van der Waals surface area contributed by atoms with Crippen LogP contribution in [0.5, 0.6) is 0 Å². The van der Waals surface area contributed by atoms with Crippen LogP contribution in [0.2, 0.25) is 0 Å². The molecule has 0 bridgehead atoms. The molecule has 0 aliphatic rings. The largest absolute Gasteiger partial charge is 0.398 e. The fraction of sp³-hybridized carbons (Fsp3) is 0.250. The molecule has 0 atom stereocenters. The van der Waals surface area contributed by atoms with Crippen molar-refractivity contribution in [3.8, 4) is 0 Å². The van der Waals surface area contributed by atoms with Crippen LogP contribution in [0.25, 0.3) is 0 Å². The van der Waals surface area contributed by atoms with E-state index in [-0.39, 0.29) is 12.4 Å². The van der Waals surface area contributed by atoms with Crippen LogP contribution in [0, 0.1) is 13.8 Å². The SMILES string of the molecule is Cc1cc(Br)cc(N)c1C.Cl. The molecule has 1 aromatic carbocycles. The van der Waals surface area contributed by atoms with Crippen molar-refractivity contribution >= 4 is 34.0 Å². The summed E-state index contributed by atoms with van der Waals surface area (Å²) in [7, 11) is 0. The van der Waals surface area contributed by atoms with E-state index in [0.717, 1.165) is 10.2 Å². The minimum atomic E-state index is 0. The highest BCUT2D eigenvalue weighted by atomic mass is 79.9. The fourth-order valence-corrected chi connectivity index (χ4v) is 1.43. The molecule has 0 amide bonds. The van der Waals surface area contributed by atoms with Crippen molar-refractivity contribution < 1.29 is 0 Å². The van der Waals surface area contributed by atoms with Gasteiger partial charge in [0.1, 0.15) is 0 Å². The zero-order chi connectivity index (χ0) is 7.72. The predicted octanol–water partition coefficient (Wildman–Crippen LogP) is 3.07. The van der Waals surface area contributed by atoms with Crippen molar-refractivity contribution in [2.45, 2.75) is 13.8 Å². The minimum absolute atomic E-state index is 0. The first-order valence-electron chi connectivity index (χ1n) is 3.13. The van der Waals surface area contributed by atoms with E-state index in [1.807, 2.05) is 13.0 Å². The van der Waals surface area contributed by atoms with Gasteiger partial charge in [-0.15, -0.1) is 12.4 Å². The molecule has 2 N–H and O–H groups in total. The Bertz CT molecular complexity index is 237. The van der Waals surface area contributed by atoms with Gasteiger partial charge < -0.3 is 5.73 Å². The molecule has 0 aliphatic carbocycles. The van der Waals surface area contributed by atoms with Gasteiger partial charge in [0.25, 0.3) is 0 Å². The van der Waals surface area contributed by atoms with Gasteiger partial charge in [0.2, 0.25) is 0 Å². The second-order valence-corrected chi connectivity index (χ2v) is 3.35. The van der Waals surface area contributed by atoms with E-state index in [1.165, 1.54) is 11.1 Å². The van der Waals surface area contributed by atoms with Crippen LogP contribution >= 0.6 is 28.3 Å². The van der Waals surface area contributed by atoms with Crippen LogP contribution < -0.4 is 5.73 Å². The molecule has 3 heteroatoms. The lowest BCUT2D eigenvalue weighted by Gasteiger charge is -2.03. The Morgan fingerprint density at radius 1 is 1.27 bits per heavy atom. The van der Waals surface area contributed by atoms with E-state index in [2.05, 4.69) is 28.9 Å². The van der Waals surface area contributed by atoms with Crippen LogP contribution in [0.1, 0.15) is 11.1 Å². The van der Waals surface area contributed by atoms with Gasteiger partial charge in [0, 0.05) is 10.2 Å². The van der Waals surface area contributed by atoms with Crippen molar-refractivity contribution in [1.82, 2.24) is 0 Å². The highest BCUT2D eigenvalue weighted by Crippen LogP contribution is 2.21. The summed E-state index contributed by atoms with van der Waals surface area (Å²) in [6.07, 6.45) is 0. The molecule has 0 unspecified atom stereocenters. The van der Waals surface area contributed by atoms with Gasteiger partial charge >= 0.3 is 0 Å². The summed E-state index contributed by atoms with van der Waals surface area (Å²) < 4.78 is 1.05. The number of halogens is 2. The van der Waals surface area contributed by atoms with Crippen molar-refractivity contribution in [3.05, 3.63) is 27.7 Å². The van der Waals surface area contributed by atoms with E-state index >= 15 is 0 Å². The van der Waals surface area contributed by atoms with Crippen LogP contribution in [0.3, 0.4) is 0 Å². The number of anilines is 1. The van der Waals surface area contributed by atoms with E-state index in [0.29, 0.717) is 0 Å². The number of hydrogen-bond acceptors (Lipinski definition) is 1. The molecular weight excluding hydrogens is 225 g/mol. The van der Waals surface area contributed by atoms with Crippen LogP contribution in [0.4, 0.5) is 5.69 Å². The lowest BCUT2D eigenvalue weighted by Crippen LogP contribution is -1.91. The molecule has 1 rings (SSSR count). The Labute approximate surface area is 81.5 Å². The maximum atomic E-state index is 5.69. The second-order valence-electron chi connectivity index (χ2n) is 2.44. The molecule has 0 radical (unpaired) electrons. The Hall–Kier alpha value is -0.210. The summed E-state index contributed by atoms with van der Waals surface area (Å²) >= 11 is 3.37. The third-order valence-electron chi connectivity index (χ3n) is 1.67. The normalized spacial score (nSPS) is 9.00. The topological polar surface area (TPSA) is 26.0 Å². The number of nitrogen functional groups attached to an aromatic ring is 1. The van der Waals surface area contributed by atoms with Gasteiger partial charge in [-0.25, -0.2) is 0 Å². The predicted molar refractivity (Wildman–Crippen MR) is 55.3 cm³/mol. The molecule has 0 fully saturated rings. The van der Waals surface area contributed by atoms with Crippen LogP contribution in [-0.4, -0.2) is 0 Å². The summed E-state index contributed by atoms with van der Waals surface area (Å²) in [5.74, 6) is 0. The van der Waals surface area contributed by atoms with Gasteiger partial charge in [-0.3, -0.25) is 0 Å². The first-order chi connectivity index (χ1) is 4.61. The first kappa shape index (κ1) is 10.8. The molecule has 62 valence electrons. The van der Waals surface area contributed by atoms with Crippen LogP contribution in [-0.2, 0) is 0 Å². The summed E-state index contributed by atoms with van der Waals surface area (Å²) in [6.45, 7) is 4.08. The minimum Gasteiger partial charge on any atom is -0.398 e. The first-order valence-corrected chi connectivity index (χ1v) is 3.93. The maximum absolute atomic E-state index is 5.69. The molecule has 0 spiro atoms. The van der Waals surface area contributed by atoms with Gasteiger partial charge in [-0.05, 0) is 37.1 Å². The Balaban J connectivity index is 0.000001000. The molecule has 0 saturated heterocycles. The average Bonchev–Trinajstić information content (AvgIpc) is 1.82. The summed E-state index contributed by atoms with van der Waals surface area (Å²) in [5.41, 5.74) is 8.94. The lowest BCUT2D eigenvalue weighted by molar-refractivity contribution is 1.33. The van der Waals surface area contributed by atoms with E-state index in [4.69, 9.17) is 5.73 Å². The van der Waals surface area contributed by atoms with Crippen molar-refractivity contribution in [2.24, 2.45) is 0 Å². The molecule has 1 aromatic rings. The fourth-order valence-electron chi connectivity index (χ4n) is 0.841. The summed E-state index contributed by atoms with van der Waals surface area (Å²) in [5, 5.41) is 0. The van der Waals surface area contributed by atoms with E-state index in [1.54, 1.807) is 0 Å². The van der Waals surface area contributed by atoms with Gasteiger partial charge in [0.15, 0.2) is 0 Å². The summed E-state index contributed by atoms with van der Waals surface area (Å²) in [4.78, 5) is 0. The number of nitrogens with two attached hydrogens (primary N) is 1. The lowest BCUT2D eigenvalue weighted by atomic mass is 10.1. The quantitative estimate of drug-likeness (QED) is 0.689. The highest BCUT2D eigenvalue weighted by Gasteiger charge is 1.97. The molecule has 0 aromatic heterocycles. The zero-order valence-corrected chi connectivity index (χ0v) is 8.92. The van der Waals surface area contributed by atoms with E-state index < -0.39 is 0 Å². The Morgan fingerprint density at radius 2 is 1.82 bits per heavy atom. The highest BCUT2D eigenvalue weighted by molar-refractivity contribution is 9.10. The second kappa shape index (κ2) is 3.98. The molecule has 0 heterocycles.